The van der Waals surface area contributed by atoms with E-state index < -0.39 is 5.82 Å². The maximum absolute atomic E-state index is 13.4. The number of benzene rings is 2. The molecule has 25 heavy (non-hydrogen) atoms. The minimum absolute atomic E-state index is 0.122. The molecular formula is C18H15FN4O2. The smallest absolute Gasteiger partial charge is 0.276 e. The number of hydrogen-bond donors (Lipinski definition) is 2. The Hall–Kier alpha value is -3.48. The van der Waals surface area contributed by atoms with Crippen LogP contribution in [0.25, 0.3) is 0 Å². The van der Waals surface area contributed by atoms with Crippen LogP contribution < -0.4 is 15.4 Å². The lowest BCUT2D eigenvalue weighted by molar-refractivity contribution is 0.102. The van der Waals surface area contributed by atoms with Crippen molar-refractivity contribution in [3.8, 4) is 5.75 Å². The highest BCUT2D eigenvalue weighted by Gasteiger charge is 2.09. The van der Waals surface area contributed by atoms with E-state index >= 15 is 0 Å². The molecule has 0 saturated carbocycles. The number of rotatable bonds is 5. The monoisotopic (exact) mass is 338 g/mol. The number of anilines is 3. The molecule has 2 N–H and O–H groups in total. The molecule has 3 aromatic rings. The zero-order valence-electron chi connectivity index (χ0n) is 13.4. The van der Waals surface area contributed by atoms with E-state index in [-0.39, 0.29) is 17.4 Å². The highest BCUT2D eigenvalue weighted by Crippen LogP contribution is 2.23. The summed E-state index contributed by atoms with van der Waals surface area (Å²) in [6.07, 6.45) is 0. The number of amides is 1. The fourth-order valence-corrected chi connectivity index (χ4v) is 2.12. The number of carbonyl (C=O) groups is 1. The summed E-state index contributed by atoms with van der Waals surface area (Å²) >= 11 is 0. The summed E-state index contributed by atoms with van der Waals surface area (Å²) < 4.78 is 18.3. The first-order chi connectivity index (χ1) is 12.2. The van der Waals surface area contributed by atoms with Crippen molar-refractivity contribution >= 4 is 23.1 Å². The van der Waals surface area contributed by atoms with Gasteiger partial charge in [0.25, 0.3) is 5.91 Å². The van der Waals surface area contributed by atoms with Crippen molar-refractivity contribution in [2.75, 3.05) is 17.7 Å². The number of nitrogens with one attached hydrogen (secondary N) is 2. The summed E-state index contributed by atoms with van der Waals surface area (Å²) in [6.45, 7) is 0. The van der Waals surface area contributed by atoms with Crippen molar-refractivity contribution in [2.24, 2.45) is 0 Å². The van der Waals surface area contributed by atoms with Crippen LogP contribution in [0.15, 0.2) is 60.7 Å². The minimum Gasteiger partial charge on any atom is -0.494 e. The second-order valence-corrected chi connectivity index (χ2v) is 5.10. The molecule has 0 aliphatic rings. The van der Waals surface area contributed by atoms with Crippen LogP contribution in [-0.2, 0) is 0 Å². The van der Waals surface area contributed by atoms with Crippen LogP contribution in [0.5, 0.6) is 5.75 Å². The third kappa shape index (κ3) is 4.08. The van der Waals surface area contributed by atoms with E-state index in [0.29, 0.717) is 17.2 Å². The summed E-state index contributed by atoms with van der Waals surface area (Å²) in [6, 6.07) is 16.6. The van der Waals surface area contributed by atoms with Crippen molar-refractivity contribution in [1.29, 1.82) is 0 Å². The summed E-state index contributed by atoms with van der Waals surface area (Å²) in [4.78, 5) is 12.1. The molecule has 0 saturated heterocycles. The van der Waals surface area contributed by atoms with E-state index in [4.69, 9.17) is 4.74 Å². The molecule has 6 nitrogen and oxygen atoms in total. The third-order valence-electron chi connectivity index (χ3n) is 3.35. The quantitative estimate of drug-likeness (QED) is 0.743. The van der Waals surface area contributed by atoms with Crippen LogP contribution >= 0.6 is 0 Å². The topological polar surface area (TPSA) is 76.1 Å². The average molecular weight is 338 g/mol. The number of hydrogen-bond acceptors (Lipinski definition) is 5. The summed E-state index contributed by atoms with van der Waals surface area (Å²) in [7, 11) is 1.39. The SMILES string of the molecule is COc1cc(Nc2ccc(C(=O)Nc3ccccc3)nn2)ccc1F. The molecule has 7 heteroatoms. The summed E-state index contributed by atoms with van der Waals surface area (Å²) in [5.41, 5.74) is 1.45. The molecular weight excluding hydrogens is 323 g/mol. The molecule has 0 radical (unpaired) electrons. The largest absolute Gasteiger partial charge is 0.494 e. The van der Waals surface area contributed by atoms with Gasteiger partial charge in [-0.15, -0.1) is 10.2 Å². The lowest BCUT2D eigenvalue weighted by atomic mass is 10.2. The number of ether oxygens (including phenoxy) is 1. The van der Waals surface area contributed by atoms with Gasteiger partial charge in [0, 0.05) is 17.4 Å². The zero-order chi connectivity index (χ0) is 17.6. The van der Waals surface area contributed by atoms with Gasteiger partial charge in [0.1, 0.15) is 0 Å². The lowest BCUT2D eigenvalue weighted by Crippen LogP contribution is -2.14. The Labute approximate surface area is 143 Å². The summed E-state index contributed by atoms with van der Waals surface area (Å²) in [5, 5.41) is 13.6. The number of para-hydroxylation sites is 1. The maximum atomic E-state index is 13.4. The van der Waals surface area contributed by atoms with Gasteiger partial charge in [-0.05, 0) is 36.4 Å². The first kappa shape index (κ1) is 16.4. The van der Waals surface area contributed by atoms with Gasteiger partial charge < -0.3 is 15.4 Å². The van der Waals surface area contributed by atoms with E-state index in [9.17, 15) is 9.18 Å². The third-order valence-corrected chi connectivity index (χ3v) is 3.35. The average Bonchev–Trinajstić information content (AvgIpc) is 2.64. The van der Waals surface area contributed by atoms with Gasteiger partial charge >= 0.3 is 0 Å². The number of aromatic nitrogens is 2. The van der Waals surface area contributed by atoms with Gasteiger partial charge in [-0.1, -0.05) is 18.2 Å². The highest BCUT2D eigenvalue weighted by atomic mass is 19.1. The number of nitrogens with zero attached hydrogens (tertiary/aromatic N) is 2. The molecule has 0 aliphatic heterocycles. The predicted molar refractivity (Wildman–Crippen MR) is 92.7 cm³/mol. The molecule has 1 heterocycles. The van der Waals surface area contributed by atoms with Crippen molar-refractivity contribution < 1.29 is 13.9 Å². The van der Waals surface area contributed by atoms with Crippen LogP contribution in [0.3, 0.4) is 0 Å². The molecule has 0 bridgehead atoms. The van der Waals surface area contributed by atoms with Crippen LogP contribution in [0.2, 0.25) is 0 Å². The van der Waals surface area contributed by atoms with Crippen molar-refractivity contribution in [1.82, 2.24) is 10.2 Å². The van der Waals surface area contributed by atoms with Crippen LogP contribution in [0.1, 0.15) is 10.5 Å². The lowest BCUT2D eigenvalue weighted by Gasteiger charge is -2.08. The van der Waals surface area contributed by atoms with Gasteiger partial charge in [-0.3, -0.25) is 4.79 Å². The molecule has 3 rings (SSSR count). The van der Waals surface area contributed by atoms with Crippen molar-refractivity contribution in [3.63, 3.8) is 0 Å². The summed E-state index contributed by atoms with van der Waals surface area (Å²) in [5.74, 6) is -0.262. The molecule has 0 unspecified atom stereocenters. The predicted octanol–water partition coefficient (Wildman–Crippen LogP) is 3.62. The molecule has 0 aliphatic carbocycles. The zero-order valence-corrected chi connectivity index (χ0v) is 13.4. The maximum Gasteiger partial charge on any atom is 0.276 e. The Balaban J connectivity index is 1.69. The van der Waals surface area contributed by atoms with Gasteiger partial charge in [0.2, 0.25) is 0 Å². The van der Waals surface area contributed by atoms with E-state index in [2.05, 4.69) is 20.8 Å². The van der Waals surface area contributed by atoms with Gasteiger partial charge in [-0.25, -0.2) is 4.39 Å². The number of carbonyl (C=O) groups excluding carboxylic acids is 1. The van der Waals surface area contributed by atoms with Crippen LogP contribution in [0.4, 0.5) is 21.6 Å². The minimum atomic E-state index is -0.452. The van der Waals surface area contributed by atoms with E-state index in [1.807, 2.05) is 18.2 Å². The van der Waals surface area contributed by atoms with Gasteiger partial charge in [0.15, 0.2) is 23.1 Å². The first-order valence-electron chi connectivity index (χ1n) is 7.46. The molecule has 0 spiro atoms. The highest BCUT2D eigenvalue weighted by molar-refractivity contribution is 6.02. The van der Waals surface area contributed by atoms with Gasteiger partial charge in [-0.2, -0.15) is 0 Å². The second-order valence-electron chi connectivity index (χ2n) is 5.10. The molecule has 0 atom stereocenters. The Bertz CT molecular complexity index is 870. The molecule has 0 fully saturated rings. The van der Waals surface area contributed by atoms with Gasteiger partial charge in [0.05, 0.1) is 7.11 Å². The van der Waals surface area contributed by atoms with Crippen molar-refractivity contribution in [2.45, 2.75) is 0 Å². The normalized spacial score (nSPS) is 10.2. The Morgan fingerprint density at radius 2 is 1.80 bits per heavy atom. The van der Waals surface area contributed by atoms with Crippen LogP contribution in [0, 0.1) is 5.82 Å². The van der Waals surface area contributed by atoms with E-state index in [0.717, 1.165) is 0 Å². The van der Waals surface area contributed by atoms with Crippen molar-refractivity contribution in [3.05, 3.63) is 72.2 Å². The molecule has 1 amide bonds. The number of methoxy groups -OCH3 is 1. The Morgan fingerprint density at radius 1 is 1.00 bits per heavy atom. The Kier molecular flexibility index (Phi) is 4.84. The number of halogens is 1. The second kappa shape index (κ2) is 7.39. The van der Waals surface area contributed by atoms with E-state index in [1.165, 1.54) is 19.2 Å². The standard InChI is InChI=1S/C18H15FN4O2/c1-25-16-11-13(7-8-14(16)19)20-17-10-9-15(22-23-17)18(24)21-12-5-3-2-4-6-12/h2-11H,1H3,(H,20,23)(H,21,24). The molecule has 126 valence electrons. The molecule has 1 aromatic heterocycles. The Morgan fingerprint density at radius 3 is 2.48 bits per heavy atom. The van der Waals surface area contributed by atoms with E-state index in [1.54, 1.807) is 30.3 Å². The fourth-order valence-electron chi connectivity index (χ4n) is 2.12. The first-order valence-corrected chi connectivity index (χ1v) is 7.46. The van der Waals surface area contributed by atoms with Crippen LogP contribution in [-0.4, -0.2) is 23.2 Å². The molecule has 2 aromatic carbocycles. The fraction of sp³-hybridized carbons (Fsp3) is 0.0556.